The number of phenols is 2. The number of hydrogen-bond donors (Lipinski definition) is 5. The van der Waals surface area contributed by atoms with Crippen molar-refractivity contribution in [1.82, 2.24) is 5.32 Å². The number of aromatic hydroxyl groups is 2. The van der Waals surface area contributed by atoms with Crippen molar-refractivity contribution in [3.8, 4) is 11.5 Å². The second-order valence-corrected chi connectivity index (χ2v) is 11.0. The van der Waals surface area contributed by atoms with Crippen molar-refractivity contribution < 1.29 is 62.2 Å². The predicted molar refractivity (Wildman–Crippen MR) is 140 cm³/mol. The van der Waals surface area contributed by atoms with Crippen LogP contribution in [0.15, 0.2) is 24.3 Å². The Morgan fingerprint density at radius 1 is 1.12 bits per heavy atom. The Morgan fingerprint density at radius 2 is 1.72 bits per heavy atom. The molecule has 232 valence electrons. The molecule has 6 atom stereocenters. The minimum Gasteiger partial charge on any atom is -0.507 e. The van der Waals surface area contributed by atoms with E-state index >= 15 is 0 Å². The van der Waals surface area contributed by atoms with Crippen LogP contribution in [0.3, 0.4) is 0 Å². The summed E-state index contributed by atoms with van der Waals surface area (Å²) in [6.45, 7) is 1.02. The lowest BCUT2D eigenvalue weighted by Crippen LogP contribution is -2.58. The molecular formula is C29H30F3NO10. The summed E-state index contributed by atoms with van der Waals surface area (Å²) < 4.78 is 56.3. The maximum absolute atomic E-state index is 13.5. The molecule has 5 N–H and O–H groups in total. The first-order valence-electron chi connectivity index (χ1n) is 13.5. The number of amides is 1. The highest BCUT2D eigenvalue weighted by Gasteiger charge is 2.49. The molecule has 2 aromatic rings. The standard InChI is InChI=1S/C29H30F3NO10/c1-12-26(41-2)16(33-27(39)29(30,31)32)9-18(42-12)43-17-11-28(40,7-8-34)10-15-19(17)25(38)21-20(24(15)37)22(35)13-5-3-4-6-14(13)23(21)36/h3-6,12,16-18,26,34,37-38,40H,7-11H2,1-2H3,(H,33,39)/t12-,16+,17+,18+,26+,28?/m1/s1. The van der Waals surface area contributed by atoms with Crippen LogP contribution in [0.2, 0.25) is 0 Å². The number of methoxy groups -OCH3 is 1. The Kier molecular flexibility index (Phi) is 8.03. The topological polar surface area (TPSA) is 172 Å². The van der Waals surface area contributed by atoms with Crippen molar-refractivity contribution in [1.29, 1.82) is 0 Å². The van der Waals surface area contributed by atoms with Gasteiger partial charge >= 0.3 is 12.1 Å². The molecule has 2 aromatic carbocycles. The maximum Gasteiger partial charge on any atom is 0.471 e. The summed E-state index contributed by atoms with van der Waals surface area (Å²) in [6.07, 6.45) is -10.8. The van der Waals surface area contributed by atoms with Gasteiger partial charge in [-0.3, -0.25) is 14.4 Å². The molecule has 0 radical (unpaired) electrons. The molecule has 1 heterocycles. The van der Waals surface area contributed by atoms with Gasteiger partial charge in [0, 0.05) is 55.2 Å². The van der Waals surface area contributed by atoms with Gasteiger partial charge in [0.05, 0.1) is 35.0 Å². The van der Waals surface area contributed by atoms with Crippen LogP contribution in [0.25, 0.3) is 0 Å². The molecule has 11 nitrogen and oxygen atoms in total. The van der Waals surface area contributed by atoms with E-state index in [1.165, 1.54) is 38.3 Å². The number of aliphatic hydroxyl groups is 2. The molecule has 43 heavy (non-hydrogen) atoms. The summed E-state index contributed by atoms with van der Waals surface area (Å²) in [6, 6.07) is 4.67. The fourth-order valence-corrected chi connectivity index (χ4v) is 6.33. The van der Waals surface area contributed by atoms with E-state index in [9.17, 15) is 48.0 Å². The highest BCUT2D eigenvalue weighted by molar-refractivity contribution is 6.30. The number of ether oxygens (including phenoxy) is 3. The molecule has 0 bridgehead atoms. The molecule has 1 amide bonds. The normalized spacial score (nSPS) is 28.6. The number of phenolic OH excluding ortho intramolecular Hbond substituents is 2. The molecule has 1 saturated heterocycles. The number of benzene rings is 2. The first-order chi connectivity index (χ1) is 20.2. The SMILES string of the molecule is CO[C@@H]1[C@@H](NC(=O)C(F)(F)F)C[C@H](O[C@H]2CC(O)(CCO)Cc3c(O)c4c(c(O)c32)C(=O)c2ccccc2C4=O)O[C@@H]1C. The van der Waals surface area contributed by atoms with Gasteiger partial charge < -0.3 is 40.0 Å². The zero-order chi connectivity index (χ0) is 31.4. The number of fused-ring (bicyclic) bond motifs is 3. The maximum atomic E-state index is 13.5. The van der Waals surface area contributed by atoms with Crippen LogP contribution >= 0.6 is 0 Å². The predicted octanol–water partition coefficient (Wildman–Crippen LogP) is 2.19. The molecule has 14 heteroatoms. The minimum atomic E-state index is -5.16. The van der Waals surface area contributed by atoms with Crippen LogP contribution in [0.4, 0.5) is 13.2 Å². The number of carbonyl (C=O) groups is 3. The number of hydrogen-bond acceptors (Lipinski definition) is 10. The fourth-order valence-electron chi connectivity index (χ4n) is 6.33. The van der Waals surface area contributed by atoms with Crippen molar-refractivity contribution in [3.63, 3.8) is 0 Å². The van der Waals surface area contributed by atoms with E-state index in [-0.39, 0.29) is 47.9 Å². The third kappa shape index (κ3) is 5.38. The van der Waals surface area contributed by atoms with Crippen molar-refractivity contribution in [3.05, 3.63) is 57.6 Å². The lowest BCUT2D eigenvalue weighted by atomic mass is 9.72. The van der Waals surface area contributed by atoms with Crippen LogP contribution in [-0.4, -0.2) is 87.9 Å². The van der Waals surface area contributed by atoms with Crippen LogP contribution < -0.4 is 5.32 Å². The summed E-state index contributed by atoms with van der Waals surface area (Å²) in [4.78, 5) is 38.6. The molecule has 5 rings (SSSR count). The third-order valence-electron chi connectivity index (χ3n) is 8.26. The zero-order valence-corrected chi connectivity index (χ0v) is 23.1. The quantitative estimate of drug-likeness (QED) is 0.261. The number of carbonyl (C=O) groups excluding carboxylic acids is 3. The van der Waals surface area contributed by atoms with Gasteiger partial charge in [-0.2, -0.15) is 13.2 Å². The zero-order valence-electron chi connectivity index (χ0n) is 23.1. The molecule has 1 unspecified atom stereocenters. The van der Waals surface area contributed by atoms with Gasteiger partial charge in [0.2, 0.25) is 0 Å². The van der Waals surface area contributed by atoms with Gasteiger partial charge in [0.25, 0.3) is 0 Å². The number of rotatable bonds is 6. The molecule has 1 aliphatic heterocycles. The van der Waals surface area contributed by atoms with Crippen LogP contribution in [0.5, 0.6) is 11.5 Å². The van der Waals surface area contributed by atoms with E-state index in [2.05, 4.69) is 0 Å². The Morgan fingerprint density at radius 3 is 2.28 bits per heavy atom. The lowest BCUT2D eigenvalue weighted by molar-refractivity contribution is -0.254. The van der Waals surface area contributed by atoms with Crippen molar-refractivity contribution in [2.24, 2.45) is 0 Å². The van der Waals surface area contributed by atoms with E-state index in [1.807, 2.05) is 5.32 Å². The van der Waals surface area contributed by atoms with Gasteiger partial charge in [0.1, 0.15) is 17.6 Å². The molecule has 0 aromatic heterocycles. The van der Waals surface area contributed by atoms with Crippen molar-refractivity contribution in [2.75, 3.05) is 13.7 Å². The smallest absolute Gasteiger partial charge is 0.471 e. The summed E-state index contributed by atoms with van der Waals surface area (Å²) in [5, 5.41) is 45.7. The van der Waals surface area contributed by atoms with Gasteiger partial charge in [-0.05, 0) is 13.3 Å². The molecule has 3 aliphatic rings. The number of alkyl halides is 3. The monoisotopic (exact) mass is 609 g/mol. The molecule has 2 aliphatic carbocycles. The van der Waals surface area contributed by atoms with Crippen molar-refractivity contribution in [2.45, 2.75) is 75.0 Å². The highest BCUT2D eigenvalue weighted by Crippen LogP contribution is 2.52. The van der Waals surface area contributed by atoms with E-state index in [4.69, 9.17) is 14.2 Å². The number of nitrogens with one attached hydrogen (secondary N) is 1. The molecular weight excluding hydrogens is 579 g/mol. The summed E-state index contributed by atoms with van der Waals surface area (Å²) in [5.74, 6) is -4.94. The first-order valence-corrected chi connectivity index (χ1v) is 13.5. The number of halogens is 3. The van der Waals surface area contributed by atoms with Gasteiger partial charge in [0.15, 0.2) is 17.9 Å². The number of aliphatic hydroxyl groups excluding tert-OH is 1. The first kappa shape index (κ1) is 30.9. The Labute approximate surface area is 243 Å². The third-order valence-corrected chi connectivity index (χ3v) is 8.26. The van der Waals surface area contributed by atoms with Gasteiger partial charge in [-0.15, -0.1) is 0 Å². The van der Waals surface area contributed by atoms with Crippen molar-refractivity contribution >= 4 is 17.5 Å². The van der Waals surface area contributed by atoms with E-state index in [0.29, 0.717) is 0 Å². The van der Waals surface area contributed by atoms with Crippen LogP contribution in [-0.2, 0) is 25.4 Å². The minimum absolute atomic E-state index is 0.0120. The van der Waals surface area contributed by atoms with E-state index < -0.39 is 89.1 Å². The second-order valence-electron chi connectivity index (χ2n) is 11.0. The van der Waals surface area contributed by atoms with Crippen LogP contribution in [0.1, 0.15) is 75.3 Å². The lowest BCUT2D eigenvalue weighted by Gasteiger charge is -2.44. The Balaban J connectivity index is 1.56. The van der Waals surface area contributed by atoms with Gasteiger partial charge in [-0.1, -0.05) is 24.3 Å². The number of ketones is 2. The van der Waals surface area contributed by atoms with E-state index in [1.54, 1.807) is 0 Å². The largest absolute Gasteiger partial charge is 0.507 e. The van der Waals surface area contributed by atoms with Gasteiger partial charge in [-0.25, -0.2) is 0 Å². The average Bonchev–Trinajstić information content (AvgIpc) is 2.93. The molecule has 1 fully saturated rings. The Hall–Kier alpha value is -3.56. The Bertz CT molecular complexity index is 1480. The summed E-state index contributed by atoms with van der Waals surface area (Å²) in [7, 11) is 1.24. The average molecular weight is 610 g/mol. The second kappa shape index (κ2) is 11.2. The van der Waals surface area contributed by atoms with E-state index in [0.717, 1.165) is 0 Å². The molecule has 0 saturated carbocycles. The summed E-state index contributed by atoms with van der Waals surface area (Å²) >= 11 is 0. The fraction of sp³-hybridized carbons (Fsp3) is 0.483. The summed E-state index contributed by atoms with van der Waals surface area (Å²) in [5.41, 5.74) is -2.78. The van der Waals surface area contributed by atoms with Crippen LogP contribution in [0, 0.1) is 0 Å². The molecule has 0 spiro atoms. The highest BCUT2D eigenvalue weighted by atomic mass is 19.4.